The third-order valence-electron chi connectivity index (χ3n) is 5.14. The van der Waals surface area contributed by atoms with E-state index in [1.165, 1.54) is 0 Å². The van der Waals surface area contributed by atoms with Crippen LogP contribution < -0.4 is 0 Å². The molecule has 2 heteroatoms. The van der Waals surface area contributed by atoms with E-state index in [0.29, 0.717) is 16.7 Å². The van der Waals surface area contributed by atoms with Crippen LogP contribution in [0.4, 0.5) is 0 Å². The molecule has 2 nitrogen and oxygen atoms in total. The van der Waals surface area contributed by atoms with Gasteiger partial charge in [0.2, 0.25) is 0 Å². The van der Waals surface area contributed by atoms with Crippen LogP contribution in [-0.4, -0.2) is 24.4 Å². The van der Waals surface area contributed by atoms with E-state index in [-0.39, 0.29) is 5.91 Å². The van der Waals surface area contributed by atoms with Crippen molar-refractivity contribution in [3.05, 3.63) is 35.9 Å². The first kappa shape index (κ1) is 13.1. The Morgan fingerprint density at radius 3 is 2.06 bits per heavy atom. The van der Waals surface area contributed by atoms with Gasteiger partial charge in [0.1, 0.15) is 0 Å². The summed E-state index contributed by atoms with van der Waals surface area (Å²) in [5.74, 6) is 0.705. The Bertz CT molecular complexity index is 433. The van der Waals surface area contributed by atoms with Gasteiger partial charge in [0.25, 0.3) is 5.91 Å². The summed E-state index contributed by atoms with van der Waals surface area (Å²) in [4.78, 5) is 14.1. The van der Waals surface area contributed by atoms with Crippen LogP contribution in [0.5, 0.6) is 0 Å². The zero-order valence-electron chi connectivity index (χ0n) is 12.0. The summed E-state index contributed by atoms with van der Waals surface area (Å²) in [6.45, 7) is 10.0. The minimum Gasteiger partial charge on any atom is -0.341 e. The number of hydrogen-bond acceptors (Lipinski definition) is 1. The molecule has 0 spiro atoms. The number of nitrogens with zero attached hydrogens (tertiary/aromatic N) is 1. The molecule has 0 radical (unpaired) electrons. The molecule has 18 heavy (non-hydrogen) atoms. The molecule has 2 rings (SSSR count). The molecule has 1 amide bonds. The summed E-state index contributed by atoms with van der Waals surface area (Å²) in [7, 11) is 1.90. The van der Waals surface area contributed by atoms with Gasteiger partial charge in [-0.05, 0) is 28.9 Å². The molecule has 0 unspecified atom stereocenters. The minimum absolute atomic E-state index is 0.120. The normalized spacial score (nSPS) is 20.5. The largest absolute Gasteiger partial charge is 0.341 e. The number of benzene rings is 1. The molecule has 0 bridgehead atoms. The maximum Gasteiger partial charge on any atom is 0.253 e. The second-order valence-corrected chi connectivity index (χ2v) is 6.55. The van der Waals surface area contributed by atoms with Crippen molar-refractivity contribution in [3.8, 4) is 0 Å². The number of carbonyl (C=O) groups is 1. The van der Waals surface area contributed by atoms with Crippen LogP contribution in [0.2, 0.25) is 0 Å². The van der Waals surface area contributed by atoms with Gasteiger partial charge in [-0.3, -0.25) is 4.79 Å². The first-order chi connectivity index (χ1) is 8.28. The van der Waals surface area contributed by atoms with Gasteiger partial charge in [0, 0.05) is 19.2 Å². The van der Waals surface area contributed by atoms with Gasteiger partial charge in [-0.2, -0.15) is 0 Å². The monoisotopic (exact) mass is 245 g/mol. The second-order valence-electron chi connectivity index (χ2n) is 6.55. The Balaban J connectivity index is 2.02. The number of amides is 1. The topological polar surface area (TPSA) is 20.3 Å². The van der Waals surface area contributed by atoms with Gasteiger partial charge in [0.15, 0.2) is 0 Å². The van der Waals surface area contributed by atoms with Gasteiger partial charge in [-0.15, -0.1) is 0 Å². The summed E-state index contributed by atoms with van der Waals surface area (Å²) >= 11 is 0. The highest BCUT2D eigenvalue weighted by Gasteiger charge is 2.64. The fourth-order valence-corrected chi connectivity index (χ4v) is 2.95. The fourth-order valence-electron chi connectivity index (χ4n) is 2.95. The van der Waals surface area contributed by atoms with E-state index in [1.807, 2.05) is 42.3 Å². The van der Waals surface area contributed by atoms with Crippen molar-refractivity contribution >= 4 is 5.91 Å². The highest BCUT2D eigenvalue weighted by Crippen LogP contribution is 2.68. The smallest absolute Gasteiger partial charge is 0.253 e. The van der Waals surface area contributed by atoms with E-state index in [0.717, 1.165) is 12.1 Å². The lowest BCUT2D eigenvalue weighted by Crippen LogP contribution is -2.30. The molecule has 1 aliphatic rings. The predicted molar refractivity (Wildman–Crippen MR) is 74.5 cm³/mol. The van der Waals surface area contributed by atoms with Gasteiger partial charge in [-0.1, -0.05) is 45.9 Å². The van der Waals surface area contributed by atoms with Gasteiger partial charge in [-0.25, -0.2) is 0 Å². The first-order valence-corrected chi connectivity index (χ1v) is 6.59. The Labute approximate surface area is 110 Å². The average molecular weight is 245 g/mol. The predicted octanol–water partition coefficient (Wildman–Crippen LogP) is 3.44. The maximum atomic E-state index is 12.3. The zero-order chi connectivity index (χ0) is 13.6. The molecule has 0 atom stereocenters. The van der Waals surface area contributed by atoms with Crippen molar-refractivity contribution in [2.75, 3.05) is 13.6 Å². The molecule has 1 aromatic rings. The molecule has 0 saturated heterocycles. The lowest BCUT2D eigenvalue weighted by Gasteiger charge is -2.18. The molecule has 0 aliphatic heterocycles. The van der Waals surface area contributed by atoms with Crippen LogP contribution in [0.1, 0.15) is 38.1 Å². The standard InChI is InChI=1S/C16H23NO/c1-15(2)13(16(15,3)4)11-17(5)14(18)12-9-7-6-8-10-12/h6-10,13H,11H2,1-5H3. The van der Waals surface area contributed by atoms with Crippen LogP contribution in [0.3, 0.4) is 0 Å². The molecular weight excluding hydrogens is 222 g/mol. The molecule has 0 N–H and O–H groups in total. The fraction of sp³-hybridized carbons (Fsp3) is 0.562. The lowest BCUT2D eigenvalue weighted by atomic mass is 10.0. The van der Waals surface area contributed by atoms with Gasteiger partial charge in [0.05, 0.1) is 0 Å². The third-order valence-corrected chi connectivity index (χ3v) is 5.14. The Kier molecular flexibility index (Phi) is 3.00. The molecule has 1 aromatic carbocycles. The SMILES string of the molecule is CN(CC1C(C)(C)C1(C)C)C(=O)c1ccccc1. The van der Waals surface area contributed by atoms with E-state index in [9.17, 15) is 4.79 Å². The molecule has 1 fully saturated rings. The van der Waals surface area contributed by atoms with Gasteiger partial charge >= 0.3 is 0 Å². The molecular formula is C16H23NO. The van der Waals surface area contributed by atoms with E-state index in [4.69, 9.17) is 0 Å². The van der Waals surface area contributed by atoms with Crippen molar-refractivity contribution in [2.24, 2.45) is 16.7 Å². The Hall–Kier alpha value is -1.31. The van der Waals surface area contributed by atoms with Crippen LogP contribution in [-0.2, 0) is 0 Å². The first-order valence-electron chi connectivity index (χ1n) is 6.59. The third kappa shape index (κ3) is 1.94. The number of carbonyl (C=O) groups excluding carboxylic acids is 1. The van der Waals surface area contributed by atoms with E-state index < -0.39 is 0 Å². The number of rotatable bonds is 3. The second kappa shape index (κ2) is 4.11. The van der Waals surface area contributed by atoms with Crippen LogP contribution in [0.15, 0.2) is 30.3 Å². The van der Waals surface area contributed by atoms with Crippen molar-refractivity contribution in [3.63, 3.8) is 0 Å². The maximum absolute atomic E-state index is 12.3. The van der Waals surface area contributed by atoms with E-state index in [1.54, 1.807) is 0 Å². The summed E-state index contributed by atoms with van der Waals surface area (Å²) in [5.41, 5.74) is 1.44. The van der Waals surface area contributed by atoms with Crippen LogP contribution >= 0.6 is 0 Å². The van der Waals surface area contributed by atoms with Crippen LogP contribution in [0.25, 0.3) is 0 Å². The highest BCUT2D eigenvalue weighted by molar-refractivity contribution is 5.94. The minimum atomic E-state index is 0.120. The summed E-state index contributed by atoms with van der Waals surface area (Å²) < 4.78 is 0. The Morgan fingerprint density at radius 2 is 1.61 bits per heavy atom. The van der Waals surface area contributed by atoms with E-state index in [2.05, 4.69) is 27.7 Å². The van der Waals surface area contributed by atoms with Crippen LogP contribution in [0, 0.1) is 16.7 Å². The average Bonchev–Trinajstić information content (AvgIpc) is 2.72. The summed E-state index contributed by atoms with van der Waals surface area (Å²) in [6, 6.07) is 9.51. The van der Waals surface area contributed by atoms with Crippen molar-refractivity contribution in [1.82, 2.24) is 4.90 Å². The molecule has 0 heterocycles. The molecule has 0 aromatic heterocycles. The van der Waals surface area contributed by atoms with Crippen molar-refractivity contribution in [2.45, 2.75) is 27.7 Å². The zero-order valence-corrected chi connectivity index (χ0v) is 12.0. The van der Waals surface area contributed by atoms with E-state index >= 15 is 0 Å². The molecule has 1 saturated carbocycles. The lowest BCUT2D eigenvalue weighted by molar-refractivity contribution is 0.0781. The summed E-state index contributed by atoms with van der Waals surface area (Å²) in [6.07, 6.45) is 0. The highest BCUT2D eigenvalue weighted by atomic mass is 16.2. The quantitative estimate of drug-likeness (QED) is 0.799. The molecule has 98 valence electrons. The number of hydrogen-bond donors (Lipinski definition) is 0. The molecule has 1 aliphatic carbocycles. The van der Waals surface area contributed by atoms with Crippen molar-refractivity contribution < 1.29 is 4.79 Å². The summed E-state index contributed by atoms with van der Waals surface area (Å²) in [5, 5.41) is 0. The van der Waals surface area contributed by atoms with Gasteiger partial charge < -0.3 is 4.90 Å². The van der Waals surface area contributed by atoms with Crippen molar-refractivity contribution in [1.29, 1.82) is 0 Å². The Morgan fingerprint density at radius 1 is 1.11 bits per heavy atom.